The molecule has 0 radical (unpaired) electrons. The summed E-state index contributed by atoms with van der Waals surface area (Å²) in [4.78, 5) is 0. The minimum Gasteiger partial charge on any atom is -1.00 e. The number of allylic oxidation sites excluding steroid dienone is 4. The molecule has 2 fully saturated rings. The van der Waals surface area contributed by atoms with Crippen molar-refractivity contribution in [2.45, 2.75) is 24.8 Å². The fourth-order valence-electron chi connectivity index (χ4n) is 7.34. The number of benzene rings is 3. The first-order chi connectivity index (χ1) is 15.9. The smallest absolute Gasteiger partial charge is 1.00 e. The van der Waals surface area contributed by atoms with Gasteiger partial charge in [-0.1, -0.05) is 140 Å². The van der Waals surface area contributed by atoms with Gasteiger partial charge in [0.2, 0.25) is 0 Å². The van der Waals surface area contributed by atoms with Crippen molar-refractivity contribution in [2.75, 3.05) is 0 Å². The molecule has 184 valence electrons. The molecule has 3 aromatic rings. The normalized spacial score (nSPS) is 25.6. The van der Waals surface area contributed by atoms with Crippen molar-refractivity contribution in [3.05, 3.63) is 122 Å². The quantitative estimate of drug-likeness (QED) is 0.170. The van der Waals surface area contributed by atoms with Crippen LogP contribution in [0.3, 0.4) is 0 Å². The molecule has 0 nitrogen and oxygen atoms in total. The van der Waals surface area contributed by atoms with Gasteiger partial charge in [0, 0.05) is 0 Å². The van der Waals surface area contributed by atoms with Gasteiger partial charge in [0.25, 0.3) is 0 Å². The molecule has 0 spiro atoms. The largest absolute Gasteiger partial charge is 4.00 e. The maximum absolute atomic E-state index is 2.73. The van der Waals surface area contributed by atoms with Crippen molar-refractivity contribution < 1.29 is 58.9 Å². The third-order valence-electron chi connectivity index (χ3n) is 8.41. The summed E-state index contributed by atoms with van der Waals surface area (Å²) in [5, 5.41) is 4.68. The van der Waals surface area contributed by atoms with Gasteiger partial charge in [0.15, 0.2) is 0 Å². The van der Waals surface area contributed by atoms with E-state index in [1.165, 1.54) is 19.3 Å². The van der Waals surface area contributed by atoms with E-state index in [4.69, 9.17) is 0 Å². The van der Waals surface area contributed by atoms with Crippen LogP contribution in [0.15, 0.2) is 115 Å². The van der Waals surface area contributed by atoms with Gasteiger partial charge in [0.05, 0.1) is 0 Å². The van der Waals surface area contributed by atoms with Gasteiger partial charge in [-0.15, -0.1) is 0 Å². The molecule has 0 bridgehead atoms. The minimum absolute atomic E-state index is 0. The number of halogens is 3. The van der Waals surface area contributed by atoms with Crippen LogP contribution in [-0.2, 0) is 21.7 Å². The summed E-state index contributed by atoms with van der Waals surface area (Å²) in [5.41, 5.74) is 0.631. The van der Waals surface area contributed by atoms with Gasteiger partial charge < -0.3 is 43.6 Å². The Morgan fingerprint density at radius 2 is 1.06 bits per heavy atom. The maximum atomic E-state index is 2.73. The second-order valence-corrected chi connectivity index (χ2v) is 13.8. The first-order valence-corrected chi connectivity index (χ1v) is 14.3. The van der Waals surface area contributed by atoms with E-state index in [1.807, 2.05) is 0 Å². The van der Waals surface area contributed by atoms with E-state index in [2.05, 4.69) is 122 Å². The molecule has 2 saturated carbocycles. The van der Waals surface area contributed by atoms with Crippen molar-refractivity contribution in [1.82, 2.24) is 0 Å². The molecule has 5 atom stereocenters. The topological polar surface area (TPSA) is 0 Å². The Kier molecular flexibility index (Phi) is 11.8. The molecule has 5 unspecified atom stereocenters. The Morgan fingerprint density at radius 3 is 1.53 bits per heavy atom. The zero-order valence-corrected chi connectivity index (χ0v) is 25.0. The predicted molar refractivity (Wildman–Crippen MR) is 138 cm³/mol. The Bertz CT molecular complexity index is 1020. The second-order valence-electron chi connectivity index (χ2n) is 9.76. The van der Waals surface area contributed by atoms with E-state index in [0.717, 1.165) is 5.92 Å². The molecule has 0 amide bonds. The molecule has 0 heterocycles. The fraction of sp³-hybridized carbons (Fsp3) is 0.258. The molecular formula is C31H31Cl3SiTi. The van der Waals surface area contributed by atoms with E-state index in [1.54, 1.807) is 15.6 Å². The summed E-state index contributed by atoms with van der Waals surface area (Å²) >= 11 is 0. The van der Waals surface area contributed by atoms with Crippen molar-refractivity contribution in [1.29, 1.82) is 0 Å². The number of hydrogen-bond donors (Lipinski definition) is 0. The summed E-state index contributed by atoms with van der Waals surface area (Å²) in [5.74, 6) is 2.74. The Labute approximate surface area is 251 Å². The van der Waals surface area contributed by atoms with Gasteiger partial charge in [0.1, 0.15) is 8.07 Å². The fourth-order valence-corrected chi connectivity index (χ4v) is 13.5. The van der Waals surface area contributed by atoms with Crippen LogP contribution in [0.5, 0.6) is 0 Å². The van der Waals surface area contributed by atoms with E-state index in [9.17, 15) is 0 Å². The van der Waals surface area contributed by atoms with Crippen molar-refractivity contribution in [3.63, 3.8) is 0 Å². The van der Waals surface area contributed by atoms with Gasteiger partial charge in [-0.3, -0.25) is 0 Å². The van der Waals surface area contributed by atoms with E-state index in [0.29, 0.717) is 23.3 Å². The number of hydrogen-bond acceptors (Lipinski definition) is 0. The van der Waals surface area contributed by atoms with Crippen LogP contribution in [0.25, 0.3) is 0 Å². The van der Waals surface area contributed by atoms with E-state index < -0.39 is 8.07 Å². The standard InChI is InChI=1S/C31H31Si.3ClH.Ti/c1-4-14-24(15-5-1)32(25-16-6-2-7-17-25,26-18-8-3-9-19-26)31-29-22-12-10-20-27(29)28-21-11-13-23-30(28)31;;;;/h1-10,12,14-20,22-23,27-31H,11,13,21H2;3*1H;/q-1;;;;+4/p-3. The van der Waals surface area contributed by atoms with Gasteiger partial charge in [-0.05, 0) is 27.4 Å². The summed E-state index contributed by atoms with van der Waals surface area (Å²) in [7, 11) is -2.32. The molecule has 3 aliphatic carbocycles. The van der Waals surface area contributed by atoms with Gasteiger partial charge in [-0.25, -0.2) is 0 Å². The van der Waals surface area contributed by atoms with Crippen molar-refractivity contribution >= 4 is 23.6 Å². The monoisotopic (exact) mass is 584 g/mol. The molecule has 3 aliphatic rings. The Balaban J connectivity index is 0.00000114. The molecule has 0 N–H and O–H groups in total. The van der Waals surface area contributed by atoms with Crippen LogP contribution >= 0.6 is 0 Å². The molecular weight excluding hydrogens is 555 g/mol. The maximum Gasteiger partial charge on any atom is 4.00 e. The van der Waals surface area contributed by atoms with Crippen LogP contribution < -0.4 is 52.8 Å². The first kappa shape index (κ1) is 31.2. The minimum atomic E-state index is -2.32. The van der Waals surface area contributed by atoms with Crippen molar-refractivity contribution in [3.8, 4) is 0 Å². The van der Waals surface area contributed by atoms with Gasteiger partial charge >= 0.3 is 21.7 Å². The van der Waals surface area contributed by atoms with Crippen LogP contribution in [0.2, 0.25) is 5.54 Å². The average Bonchev–Trinajstić information content (AvgIpc) is 3.22. The molecule has 0 aromatic heterocycles. The zero-order valence-electron chi connectivity index (χ0n) is 20.2. The van der Waals surface area contributed by atoms with Crippen LogP contribution in [-0.4, -0.2) is 8.07 Å². The average molecular weight is 586 g/mol. The van der Waals surface area contributed by atoms with E-state index >= 15 is 0 Å². The van der Waals surface area contributed by atoms with E-state index in [-0.39, 0.29) is 58.9 Å². The first-order valence-electron chi connectivity index (χ1n) is 12.3. The Morgan fingerprint density at radius 1 is 0.611 bits per heavy atom. The molecule has 5 heteroatoms. The third-order valence-corrected chi connectivity index (χ3v) is 13.9. The SMILES string of the molecule is C1=CC2C(C=C1)C([Si](c1ccccc1)(c1ccccc1)c1ccccc1)C1[CH-]CCCC21.[Cl-].[Cl-].[Cl-].[Ti+4]. The molecule has 0 aliphatic heterocycles. The summed E-state index contributed by atoms with van der Waals surface area (Å²) in [6, 6.07) is 34.7. The summed E-state index contributed by atoms with van der Waals surface area (Å²) < 4.78 is 0. The van der Waals surface area contributed by atoms with Crippen molar-refractivity contribution in [2.24, 2.45) is 23.7 Å². The predicted octanol–water partition coefficient (Wildman–Crippen LogP) is -3.47. The molecule has 36 heavy (non-hydrogen) atoms. The van der Waals surface area contributed by atoms with Crippen LogP contribution in [0.4, 0.5) is 0 Å². The number of fused-ring (bicyclic) bond motifs is 3. The van der Waals surface area contributed by atoms with Crippen LogP contribution in [0, 0.1) is 30.1 Å². The summed E-state index contributed by atoms with van der Waals surface area (Å²) in [6.07, 6.45) is 16.5. The Hall–Kier alpha value is -1.06. The molecule has 6 rings (SSSR count). The van der Waals surface area contributed by atoms with Crippen LogP contribution in [0.1, 0.15) is 19.3 Å². The molecule has 0 saturated heterocycles. The third kappa shape index (κ3) is 5.13. The second kappa shape index (κ2) is 13.7. The summed E-state index contributed by atoms with van der Waals surface area (Å²) in [6.45, 7) is 0. The zero-order chi connectivity index (χ0) is 21.4. The number of rotatable bonds is 4. The van der Waals surface area contributed by atoms with Gasteiger partial charge in [-0.2, -0.15) is 12.3 Å². The molecule has 3 aromatic carbocycles.